The van der Waals surface area contributed by atoms with Crippen LogP contribution in [0.4, 0.5) is 0 Å². The molecular formula is C12H14O3. The zero-order chi connectivity index (χ0) is 11.3. The van der Waals surface area contributed by atoms with E-state index in [1.54, 1.807) is 6.92 Å². The molecule has 0 aromatic heterocycles. The molecule has 0 heterocycles. The van der Waals surface area contributed by atoms with Gasteiger partial charge in [0.1, 0.15) is 6.10 Å². The van der Waals surface area contributed by atoms with Crippen molar-refractivity contribution in [3.05, 3.63) is 47.7 Å². The van der Waals surface area contributed by atoms with Crippen LogP contribution in [0.15, 0.2) is 42.2 Å². The summed E-state index contributed by atoms with van der Waals surface area (Å²) < 4.78 is 5.07. The average Bonchev–Trinajstić information content (AvgIpc) is 2.17. The first kappa shape index (κ1) is 11.3. The first-order valence-electron chi connectivity index (χ1n) is 4.72. The highest BCUT2D eigenvalue weighted by molar-refractivity contribution is 5.82. The van der Waals surface area contributed by atoms with Gasteiger partial charge >= 0.3 is 5.97 Å². The molecule has 1 atom stereocenters. The van der Waals surface area contributed by atoms with E-state index in [9.17, 15) is 4.79 Å². The summed E-state index contributed by atoms with van der Waals surface area (Å²) >= 11 is 0. The van der Waals surface area contributed by atoms with Gasteiger partial charge in [0.05, 0.1) is 11.8 Å². The van der Waals surface area contributed by atoms with E-state index in [0.29, 0.717) is 0 Å². The third kappa shape index (κ3) is 3.85. The zero-order valence-corrected chi connectivity index (χ0v) is 8.81. The zero-order valence-electron chi connectivity index (χ0n) is 8.81. The highest BCUT2D eigenvalue weighted by Crippen LogP contribution is 2.16. The summed E-state index contributed by atoms with van der Waals surface area (Å²) in [6.07, 6.45) is 0.744. The molecule has 0 saturated heterocycles. The van der Waals surface area contributed by atoms with Crippen molar-refractivity contribution in [2.24, 2.45) is 0 Å². The second kappa shape index (κ2) is 5.20. The minimum Gasteiger partial charge on any atom is -0.512 e. The predicted octanol–water partition coefficient (Wildman–Crippen LogP) is 2.75. The van der Waals surface area contributed by atoms with E-state index in [2.05, 4.69) is 0 Å². The van der Waals surface area contributed by atoms with E-state index in [0.717, 1.165) is 11.6 Å². The summed E-state index contributed by atoms with van der Waals surface area (Å²) in [6.45, 7) is 3.21. The summed E-state index contributed by atoms with van der Waals surface area (Å²) in [6, 6.07) is 9.43. The fourth-order valence-corrected chi connectivity index (χ4v) is 1.17. The van der Waals surface area contributed by atoms with Crippen molar-refractivity contribution in [3.8, 4) is 0 Å². The third-order valence-electron chi connectivity index (χ3n) is 1.89. The van der Waals surface area contributed by atoms with Gasteiger partial charge in [0.15, 0.2) is 0 Å². The van der Waals surface area contributed by atoms with Crippen LogP contribution in [0.25, 0.3) is 0 Å². The lowest BCUT2D eigenvalue weighted by Crippen LogP contribution is -2.06. The number of rotatable bonds is 3. The Morgan fingerprint density at radius 3 is 2.53 bits per heavy atom. The Bertz CT molecular complexity index is 350. The van der Waals surface area contributed by atoms with Gasteiger partial charge in [-0.05, 0) is 19.4 Å². The lowest BCUT2D eigenvalue weighted by atomic mass is 10.1. The predicted molar refractivity (Wildman–Crippen MR) is 57.3 cm³/mol. The molecule has 15 heavy (non-hydrogen) atoms. The molecule has 0 spiro atoms. The van der Waals surface area contributed by atoms with Gasteiger partial charge in [-0.1, -0.05) is 30.3 Å². The fourth-order valence-electron chi connectivity index (χ4n) is 1.17. The Hall–Kier alpha value is -1.77. The molecular weight excluding hydrogens is 192 g/mol. The van der Waals surface area contributed by atoms with E-state index in [1.165, 1.54) is 6.92 Å². The van der Waals surface area contributed by atoms with Crippen LogP contribution < -0.4 is 0 Å². The molecule has 3 nitrogen and oxygen atoms in total. The normalized spacial score (nSPS) is 13.3. The first-order chi connectivity index (χ1) is 7.09. The Labute approximate surface area is 89.0 Å². The molecule has 0 amide bonds. The smallest absolute Gasteiger partial charge is 0.334 e. The first-order valence-corrected chi connectivity index (χ1v) is 4.72. The number of allylic oxidation sites excluding steroid dienone is 1. The highest BCUT2D eigenvalue weighted by Gasteiger charge is 2.09. The number of carbonyl (C=O) groups is 1. The maximum atomic E-state index is 11.2. The maximum Gasteiger partial charge on any atom is 0.334 e. The Kier molecular flexibility index (Phi) is 3.92. The molecule has 1 rings (SSSR count). The van der Waals surface area contributed by atoms with E-state index in [-0.39, 0.29) is 11.9 Å². The lowest BCUT2D eigenvalue weighted by Gasteiger charge is -2.11. The number of ether oxygens (including phenoxy) is 1. The van der Waals surface area contributed by atoms with Crippen LogP contribution in [0.3, 0.4) is 0 Å². The minimum atomic E-state index is -0.536. The Morgan fingerprint density at radius 2 is 2.00 bits per heavy atom. The second-order valence-corrected chi connectivity index (χ2v) is 3.28. The fraction of sp³-hybridized carbons (Fsp3) is 0.250. The summed E-state index contributed by atoms with van der Waals surface area (Å²) in [5, 5.41) is 8.87. The van der Waals surface area contributed by atoms with Crippen LogP contribution in [-0.4, -0.2) is 11.1 Å². The van der Waals surface area contributed by atoms with Crippen LogP contribution in [0.2, 0.25) is 0 Å². The topological polar surface area (TPSA) is 46.5 Å². The van der Waals surface area contributed by atoms with Gasteiger partial charge in [-0.15, -0.1) is 0 Å². The molecule has 0 saturated carbocycles. The highest BCUT2D eigenvalue weighted by atomic mass is 16.5. The molecule has 1 N–H and O–H groups in total. The van der Waals surface area contributed by atoms with Gasteiger partial charge in [-0.3, -0.25) is 0 Å². The van der Waals surface area contributed by atoms with Gasteiger partial charge in [0.2, 0.25) is 0 Å². The van der Waals surface area contributed by atoms with Crippen molar-refractivity contribution in [1.82, 2.24) is 0 Å². The van der Waals surface area contributed by atoms with Crippen LogP contribution >= 0.6 is 0 Å². The van der Waals surface area contributed by atoms with Crippen molar-refractivity contribution >= 4 is 5.97 Å². The van der Waals surface area contributed by atoms with Gasteiger partial charge in [-0.2, -0.15) is 0 Å². The average molecular weight is 206 g/mol. The molecule has 80 valence electrons. The maximum absolute atomic E-state index is 11.2. The van der Waals surface area contributed by atoms with Crippen LogP contribution in [0.1, 0.15) is 25.5 Å². The summed E-state index contributed by atoms with van der Waals surface area (Å²) in [7, 11) is 0. The summed E-state index contributed by atoms with van der Waals surface area (Å²) in [5.41, 5.74) is 0.926. The lowest BCUT2D eigenvalue weighted by molar-refractivity contribution is -0.142. The van der Waals surface area contributed by atoms with Crippen molar-refractivity contribution in [3.63, 3.8) is 0 Å². The number of carbonyl (C=O) groups excluding carboxylic acids is 1. The van der Waals surface area contributed by atoms with Crippen LogP contribution in [0, 0.1) is 0 Å². The molecule has 0 aliphatic carbocycles. The molecule has 3 heteroatoms. The van der Waals surface area contributed by atoms with Gasteiger partial charge < -0.3 is 9.84 Å². The molecule has 0 bridgehead atoms. The molecule has 0 radical (unpaired) electrons. The Balaban J connectivity index is 2.61. The van der Waals surface area contributed by atoms with E-state index >= 15 is 0 Å². The standard InChI is InChI=1S/C12H14O3/c1-9(13)8-12(14)15-10(2)11-6-4-3-5-7-11/h3-8,10,13H,1-2H3/b9-8-. The molecule has 0 aliphatic rings. The summed E-state index contributed by atoms with van der Waals surface area (Å²) in [4.78, 5) is 11.2. The van der Waals surface area contributed by atoms with Gasteiger partial charge in [0.25, 0.3) is 0 Å². The van der Waals surface area contributed by atoms with Crippen molar-refractivity contribution in [1.29, 1.82) is 0 Å². The number of hydrogen-bond acceptors (Lipinski definition) is 3. The van der Waals surface area contributed by atoms with Crippen LogP contribution in [-0.2, 0) is 9.53 Å². The van der Waals surface area contributed by atoms with Gasteiger partial charge in [0, 0.05) is 0 Å². The molecule has 0 fully saturated rings. The van der Waals surface area contributed by atoms with Crippen LogP contribution in [0.5, 0.6) is 0 Å². The quantitative estimate of drug-likeness (QED) is 0.470. The summed E-state index contributed by atoms with van der Waals surface area (Å²) in [5.74, 6) is -0.591. The number of aliphatic hydroxyl groups is 1. The van der Waals surface area contributed by atoms with Gasteiger partial charge in [-0.25, -0.2) is 4.79 Å². The molecule has 1 unspecified atom stereocenters. The molecule has 1 aromatic carbocycles. The van der Waals surface area contributed by atoms with E-state index in [4.69, 9.17) is 9.84 Å². The third-order valence-corrected chi connectivity index (χ3v) is 1.89. The van der Waals surface area contributed by atoms with Crippen molar-refractivity contribution in [2.45, 2.75) is 20.0 Å². The monoisotopic (exact) mass is 206 g/mol. The number of benzene rings is 1. The molecule has 1 aromatic rings. The minimum absolute atomic E-state index is 0.0553. The van der Waals surface area contributed by atoms with Crippen molar-refractivity contribution < 1.29 is 14.6 Å². The Morgan fingerprint density at radius 1 is 1.40 bits per heavy atom. The van der Waals surface area contributed by atoms with E-state index < -0.39 is 5.97 Å². The number of aliphatic hydroxyl groups excluding tert-OH is 1. The molecule has 0 aliphatic heterocycles. The number of esters is 1. The van der Waals surface area contributed by atoms with Crippen molar-refractivity contribution in [2.75, 3.05) is 0 Å². The largest absolute Gasteiger partial charge is 0.512 e. The number of hydrogen-bond donors (Lipinski definition) is 1. The SMILES string of the molecule is C/C(O)=C/C(=O)OC(C)c1ccccc1. The second-order valence-electron chi connectivity index (χ2n) is 3.28. The van der Waals surface area contributed by atoms with E-state index in [1.807, 2.05) is 30.3 Å².